The molecule has 0 spiro atoms. The van der Waals surface area contributed by atoms with Gasteiger partial charge in [0.05, 0.1) is 0 Å². The van der Waals surface area contributed by atoms with Gasteiger partial charge in [0.1, 0.15) is 0 Å². The molecule has 120 valence electrons. The summed E-state index contributed by atoms with van der Waals surface area (Å²) < 4.78 is 6.34. The lowest BCUT2D eigenvalue weighted by molar-refractivity contribution is 0.290. The standard InChI is InChI=1S/C19H34OSi/c1-17-13-11-9-7-8-10-12-14-18(17)15-16-20-21(5,6)19(2,3)4/h9-12H,7-8,13-16H2,1-6H3/b11-9+,12-10-,18-17+. The topological polar surface area (TPSA) is 9.23 Å². The Morgan fingerprint density at radius 3 is 2.14 bits per heavy atom. The third kappa shape index (κ3) is 6.35. The van der Waals surface area contributed by atoms with Crippen LogP contribution in [-0.2, 0) is 4.43 Å². The van der Waals surface area contributed by atoms with Crippen molar-refractivity contribution in [2.45, 2.75) is 77.9 Å². The zero-order chi connectivity index (χ0) is 15.9. The van der Waals surface area contributed by atoms with Gasteiger partial charge in [-0.1, -0.05) is 56.2 Å². The van der Waals surface area contributed by atoms with E-state index in [1.54, 1.807) is 5.57 Å². The third-order valence-corrected chi connectivity index (χ3v) is 9.44. The molecule has 0 unspecified atom stereocenters. The van der Waals surface area contributed by atoms with E-state index in [-0.39, 0.29) is 0 Å². The largest absolute Gasteiger partial charge is 0.417 e. The molecule has 0 atom stereocenters. The van der Waals surface area contributed by atoms with Crippen LogP contribution < -0.4 is 0 Å². The third-order valence-electron chi connectivity index (χ3n) is 4.90. The van der Waals surface area contributed by atoms with E-state index in [1.807, 2.05) is 0 Å². The van der Waals surface area contributed by atoms with E-state index in [4.69, 9.17) is 4.43 Å². The lowest BCUT2D eigenvalue weighted by atomic mass is 9.99. The molecule has 0 aromatic rings. The van der Waals surface area contributed by atoms with Crippen LogP contribution in [0.3, 0.4) is 0 Å². The van der Waals surface area contributed by atoms with Crippen molar-refractivity contribution in [2.24, 2.45) is 0 Å². The Labute approximate surface area is 133 Å². The highest BCUT2D eigenvalue weighted by Crippen LogP contribution is 2.36. The molecule has 1 aliphatic carbocycles. The first-order valence-corrected chi connectivity index (χ1v) is 11.3. The summed E-state index contributed by atoms with van der Waals surface area (Å²) in [4.78, 5) is 0. The summed E-state index contributed by atoms with van der Waals surface area (Å²) in [5, 5.41) is 0.301. The molecule has 0 bridgehead atoms. The molecule has 0 radical (unpaired) electrons. The van der Waals surface area contributed by atoms with Crippen molar-refractivity contribution in [3.8, 4) is 0 Å². The molecule has 0 heterocycles. The van der Waals surface area contributed by atoms with Crippen molar-refractivity contribution in [3.05, 3.63) is 35.5 Å². The molecule has 1 aliphatic rings. The number of allylic oxidation sites excluding steroid dienone is 5. The number of hydrogen-bond donors (Lipinski definition) is 0. The van der Waals surface area contributed by atoms with Crippen LogP contribution in [0.5, 0.6) is 0 Å². The van der Waals surface area contributed by atoms with Crippen LogP contribution in [0.25, 0.3) is 0 Å². The van der Waals surface area contributed by atoms with Gasteiger partial charge in [0.2, 0.25) is 0 Å². The second kappa shape index (κ2) is 8.14. The Morgan fingerprint density at radius 1 is 1.00 bits per heavy atom. The lowest BCUT2D eigenvalue weighted by Crippen LogP contribution is -2.41. The normalized spacial score (nSPS) is 24.7. The molecular weight excluding hydrogens is 272 g/mol. The quantitative estimate of drug-likeness (QED) is 0.431. The highest BCUT2D eigenvalue weighted by atomic mass is 28.4. The van der Waals surface area contributed by atoms with Gasteiger partial charge in [0.15, 0.2) is 8.32 Å². The van der Waals surface area contributed by atoms with Crippen LogP contribution in [0.15, 0.2) is 35.5 Å². The molecular formula is C19H34OSi. The Kier molecular flexibility index (Phi) is 7.15. The summed E-state index contributed by atoms with van der Waals surface area (Å²) in [6.07, 6.45) is 14.9. The fourth-order valence-electron chi connectivity index (χ4n) is 2.19. The first kappa shape index (κ1) is 18.4. The van der Waals surface area contributed by atoms with Crippen molar-refractivity contribution in [2.75, 3.05) is 6.61 Å². The van der Waals surface area contributed by atoms with Gasteiger partial charge in [-0.2, -0.15) is 0 Å². The summed E-state index contributed by atoms with van der Waals surface area (Å²) in [5.74, 6) is 0. The minimum atomic E-state index is -1.61. The molecule has 0 saturated carbocycles. The first-order chi connectivity index (χ1) is 9.74. The summed E-state index contributed by atoms with van der Waals surface area (Å²) in [6.45, 7) is 14.7. The van der Waals surface area contributed by atoms with Gasteiger partial charge in [0.25, 0.3) is 0 Å². The molecule has 2 heteroatoms. The van der Waals surface area contributed by atoms with E-state index in [1.165, 1.54) is 18.4 Å². The highest BCUT2D eigenvalue weighted by molar-refractivity contribution is 6.74. The average Bonchev–Trinajstić information content (AvgIpc) is 2.38. The Hall–Kier alpha value is -0.603. The summed E-state index contributed by atoms with van der Waals surface area (Å²) in [5.41, 5.74) is 3.09. The zero-order valence-corrected chi connectivity index (χ0v) is 16.0. The van der Waals surface area contributed by atoms with Crippen molar-refractivity contribution in [3.63, 3.8) is 0 Å². The van der Waals surface area contributed by atoms with Gasteiger partial charge in [0, 0.05) is 6.61 Å². The number of hydrogen-bond acceptors (Lipinski definition) is 1. The molecule has 1 nitrogen and oxygen atoms in total. The molecule has 0 N–H and O–H groups in total. The molecule has 0 aromatic heterocycles. The van der Waals surface area contributed by atoms with Crippen molar-refractivity contribution < 1.29 is 4.43 Å². The van der Waals surface area contributed by atoms with E-state index in [0.29, 0.717) is 5.04 Å². The Balaban J connectivity index is 2.62. The predicted octanol–water partition coefficient (Wildman–Crippen LogP) is 6.40. The average molecular weight is 307 g/mol. The van der Waals surface area contributed by atoms with Crippen molar-refractivity contribution in [1.82, 2.24) is 0 Å². The van der Waals surface area contributed by atoms with Crippen molar-refractivity contribution in [1.29, 1.82) is 0 Å². The fraction of sp³-hybridized carbons (Fsp3) is 0.684. The molecule has 0 fully saturated rings. The Morgan fingerprint density at radius 2 is 1.57 bits per heavy atom. The minimum Gasteiger partial charge on any atom is -0.417 e. The maximum absolute atomic E-state index is 6.34. The summed E-state index contributed by atoms with van der Waals surface area (Å²) in [7, 11) is -1.61. The lowest BCUT2D eigenvalue weighted by Gasteiger charge is -2.36. The van der Waals surface area contributed by atoms with Crippen LogP contribution in [0.2, 0.25) is 18.1 Å². The Bertz CT molecular complexity index is 408. The molecule has 0 saturated heterocycles. The van der Waals surface area contributed by atoms with Gasteiger partial charge < -0.3 is 4.43 Å². The molecule has 0 aromatic carbocycles. The summed E-state index contributed by atoms with van der Waals surface area (Å²) in [6, 6.07) is 0. The zero-order valence-electron chi connectivity index (χ0n) is 15.0. The smallest absolute Gasteiger partial charge is 0.191 e. The van der Waals surface area contributed by atoms with Gasteiger partial charge in [-0.25, -0.2) is 0 Å². The molecule has 0 amide bonds. The summed E-state index contributed by atoms with van der Waals surface area (Å²) >= 11 is 0. The number of rotatable bonds is 4. The van der Waals surface area contributed by atoms with Crippen LogP contribution in [-0.4, -0.2) is 14.9 Å². The molecule has 0 aliphatic heterocycles. The highest BCUT2D eigenvalue weighted by Gasteiger charge is 2.36. The van der Waals surface area contributed by atoms with Gasteiger partial charge in [-0.3, -0.25) is 0 Å². The van der Waals surface area contributed by atoms with Crippen LogP contribution in [0, 0.1) is 0 Å². The van der Waals surface area contributed by atoms with E-state index in [0.717, 1.165) is 25.9 Å². The van der Waals surface area contributed by atoms with E-state index < -0.39 is 8.32 Å². The molecule has 21 heavy (non-hydrogen) atoms. The maximum Gasteiger partial charge on any atom is 0.191 e. The van der Waals surface area contributed by atoms with Crippen LogP contribution >= 0.6 is 0 Å². The van der Waals surface area contributed by atoms with Gasteiger partial charge in [-0.15, -0.1) is 0 Å². The second-order valence-corrected chi connectivity index (χ2v) is 12.5. The SMILES string of the molecule is C/C1=C(\CCO[Si](C)(C)C(C)(C)C)C/C=C\CC/C=C/C1. The van der Waals surface area contributed by atoms with Gasteiger partial charge in [-0.05, 0) is 57.2 Å². The fourth-order valence-corrected chi connectivity index (χ4v) is 3.24. The predicted molar refractivity (Wildman–Crippen MR) is 97.2 cm³/mol. The second-order valence-electron chi connectivity index (χ2n) is 7.67. The van der Waals surface area contributed by atoms with E-state index >= 15 is 0 Å². The monoisotopic (exact) mass is 306 g/mol. The molecule has 1 rings (SSSR count). The van der Waals surface area contributed by atoms with E-state index in [9.17, 15) is 0 Å². The first-order valence-electron chi connectivity index (χ1n) is 8.35. The maximum atomic E-state index is 6.34. The van der Waals surface area contributed by atoms with Crippen molar-refractivity contribution >= 4 is 8.32 Å². The van der Waals surface area contributed by atoms with E-state index in [2.05, 4.69) is 65.1 Å². The van der Waals surface area contributed by atoms with Crippen LogP contribution in [0.1, 0.15) is 59.8 Å². The minimum absolute atomic E-state index is 0.301. The van der Waals surface area contributed by atoms with Crippen LogP contribution in [0.4, 0.5) is 0 Å². The van der Waals surface area contributed by atoms with Gasteiger partial charge >= 0.3 is 0 Å².